The van der Waals surface area contributed by atoms with Crippen molar-refractivity contribution in [1.29, 1.82) is 0 Å². The number of benzene rings is 2. The Labute approximate surface area is 120 Å². The number of nitrogen functional groups attached to an aromatic ring is 1. The molecule has 0 atom stereocenters. The van der Waals surface area contributed by atoms with Crippen LogP contribution in [0.4, 0.5) is 5.69 Å². The molecule has 0 aliphatic heterocycles. The number of anilines is 1. The SMILES string of the molecule is Cc1ccc(OCCOc2c(C)cccc2C)c(N)c1. The van der Waals surface area contributed by atoms with Crippen molar-refractivity contribution in [3.05, 3.63) is 53.1 Å². The van der Waals surface area contributed by atoms with Gasteiger partial charge in [0.05, 0.1) is 5.69 Å². The monoisotopic (exact) mass is 271 g/mol. The summed E-state index contributed by atoms with van der Waals surface area (Å²) < 4.78 is 11.4. The molecule has 0 aromatic heterocycles. The lowest BCUT2D eigenvalue weighted by Gasteiger charge is -2.13. The number of para-hydroxylation sites is 1. The van der Waals surface area contributed by atoms with E-state index in [1.165, 1.54) is 0 Å². The molecule has 0 fully saturated rings. The molecule has 20 heavy (non-hydrogen) atoms. The molecule has 0 unspecified atom stereocenters. The molecular formula is C17H21NO2. The van der Waals surface area contributed by atoms with Gasteiger partial charge in [0, 0.05) is 0 Å². The first-order chi connectivity index (χ1) is 9.58. The van der Waals surface area contributed by atoms with Crippen LogP contribution in [0.2, 0.25) is 0 Å². The van der Waals surface area contributed by atoms with Crippen molar-refractivity contribution in [2.75, 3.05) is 18.9 Å². The minimum Gasteiger partial charge on any atom is -0.489 e. The number of rotatable bonds is 5. The van der Waals surface area contributed by atoms with E-state index in [1.807, 2.05) is 57.2 Å². The number of hydrogen-bond donors (Lipinski definition) is 1. The van der Waals surface area contributed by atoms with Gasteiger partial charge in [-0.25, -0.2) is 0 Å². The van der Waals surface area contributed by atoms with Crippen molar-refractivity contribution < 1.29 is 9.47 Å². The van der Waals surface area contributed by atoms with E-state index < -0.39 is 0 Å². The molecule has 0 aliphatic carbocycles. The van der Waals surface area contributed by atoms with Crippen LogP contribution < -0.4 is 15.2 Å². The van der Waals surface area contributed by atoms with Crippen LogP contribution >= 0.6 is 0 Å². The summed E-state index contributed by atoms with van der Waals surface area (Å²) in [6, 6.07) is 11.9. The fourth-order valence-electron chi connectivity index (χ4n) is 2.12. The normalized spacial score (nSPS) is 10.3. The lowest BCUT2D eigenvalue weighted by Crippen LogP contribution is -2.11. The van der Waals surface area contributed by atoms with Crippen LogP contribution in [-0.4, -0.2) is 13.2 Å². The first-order valence-corrected chi connectivity index (χ1v) is 6.76. The molecule has 0 aliphatic rings. The van der Waals surface area contributed by atoms with Gasteiger partial charge in [-0.15, -0.1) is 0 Å². The number of hydrogen-bond acceptors (Lipinski definition) is 3. The van der Waals surface area contributed by atoms with Gasteiger partial charge in [-0.3, -0.25) is 0 Å². The van der Waals surface area contributed by atoms with Crippen molar-refractivity contribution in [1.82, 2.24) is 0 Å². The molecular weight excluding hydrogens is 250 g/mol. The topological polar surface area (TPSA) is 44.5 Å². The third-order valence-corrected chi connectivity index (χ3v) is 3.16. The molecule has 0 amide bonds. The van der Waals surface area contributed by atoms with Gasteiger partial charge in [0.1, 0.15) is 24.7 Å². The Balaban J connectivity index is 1.88. The maximum Gasteiger partial charge on any atom is 0.142 e. The first kappa shape index (κ1) is 14.3. The smallest absolute Gasteiger partial charge is 0.142 e. The summed E-state index contributed by atoms with van der Waals surface area (Å²) >= 11 is 0. The average molecular weight is 271 g/mol. The Morgan fingerprint density at radius 2 is 1.55 bits per heavy atom. The van der Waals surface area contributed by atoms with Gasteiger partial charge in [-0.2, -0.15) is 0 Å². The van der Waals surface area contributed by atoms with Gasteiger partial charge in [-0.05, 0) is 49.6 Å². The third kappa shape index (κ3) is 3.44. The minimum atomic E-state index is 0.473. The third-order valence-electron chi connectivity index (χ3n) is 3.16. The summed E-state index contributed by atoms with van der Waals surface area (Å²) in [6.45, 7) is 7.06. The van der Waals surface area contributed by atoms with Crippen molar-refractivity contribution in [3.63, 3.8) is 0 Å². The molecule has 2 aromatic rings. The largest absolute Gasteiger partial charge is 0.489 e. The number of nitrogens with two attached hydrogens (primary N) is 1. The van der Waals surface area contributed by atoms with E-state index in [4.69, 9.17) is 15.2 Å². The standard InChI is InChI=1S/C17H21NO2/c1-12-7-8-16(15(18)11-12)19-9-10-20-17-13(2)5-4-6-14(17)3/h4-8,11H,9-10,18H2,1-3H3. The number of ether oxygens (including phenoxy) is 2. The zero-order valence-electron chi connectivity index (χ0n) is 12.3. The van der Waals surface area contributed by atoms with Crippen molar-refractivity contribution in [2.24, 2.45) is 0 Å². The van der Waals surface area contributed by atoms with Crippen LogP contribution in [0.1, 0.15) is 16.7 Å². The van der Waals surface area contributed by atoms with Crippen molar-refractivity contribution in [2.45, 2.75) is 20.8 Å². The van der Waals surface area contributed by atoms with E-state index in [-0.39, 0.29) is 0 Å². The van der Waals surface area contributed by atoms with Gasteiger partial charge in [0.2, 0.25) is 0 Å². The Kier molecular flexibility index (Phi) is 4.51. The second kappa shape index (κ2) is 6.33. The van der Waals surface area contributed by atoms with Gasteiger partial charge in [0.25, 0.3) is 0 Å². The van der Waals surface area contributed by atoms with Crippen LogP contribution in [0.25, 0.3) is 0 Å². The summed E-state index contributed by atoms with van der Waals surface area (Å²) in [4.78, 5) is 0. The Hall–Kier alpha value is -2.16. The molecule has 2 N–H and O–H groups in total. The van der Waals surface area contributed by atoms with Gasteiger partial charge < -0.3 is 15.2 Å². The average Bonchev–Trinajstić information content (AvgIpc) is 2.39. The highest BCUT2D eigenvalue weighted by molar-refractivity contribution is 5.54. The highest BCUT2D eigenvalue weighted by Crippen LogP contribution is 2.23. The summed E-state index contributed by atoms with van der Waals surface area (Å²) in [7, 11) is 0. The Morgan fingerprint density at radius 3 is 2.20 bits per heavy atom. The second-order valence-electron chi connectivity index (χ2n) is 4.96. The molecule has 106 valence electrons. The highest BCUT2D eigenvalue weighted by atomic mass is 16.5. The molecule has 3 nitrogen and oxygen atoms in total. The fraction of sp³-hybridized carbons (Fsp3) is 0.294. The van der Waals surface area contributed by atoms with Gasteiger partial charge in [0.15, 0.2) is 0 Å². The molecule has 2 aromatic carbocycles. The second-order valence-corrected chi connectivity index (χ2v) is 4.96. The molecule has 0 bridgehead atoms. The van der Waals surface area contributed by atoms with E-state index in [2.05, 4.69) is 0 Å². The molecule has 0 saturated carbocycles. The maximum absolute atomic E-state index is 5.90. The lowest BCUT2D eigenvalue weighted by molar-refractivity contribution is 0.216. The molecule has 0 heterocycles. The zero-order chi connectivity index (χ0) is 14.5. The summed E-state index contributed by atoms with van der Waals surface area (Å²) in [5.41, 5.74) is 9.97. The van der Waals surface area contributed by atoms with Crippen LogP contribution in [0, 0.1) is 20.8 Å². The van der Waals surface area contributed by atoms with Crippen LogP contribution in [0.3, 0.4) is 0 Å². The van der Waals surface area contributed by atoms with E-state index in [0.717, 1.165) is 22.4 Å². The van der Waals surface area contributed by atoms with E-state index in [1.54, 1.807) is 0 Å². The molecule has 0 spiro atoms. The molecule has 0 radical (unpaired) electrons. The molecule has 3 heteroatoms. The van der Waals surface area contributed by atoms with Crippen LogP contribution in [-0.2, 0) is 0 Å². The first-order valence-electron chi connectivity index (χ1n) is 6.76. The summed E-state index contributed by atoms with van der Waals surface area (Å²) in [5.74, 6) is 1.65. The predicted octanol–water partition coefficient (Wildman–Crippen LogP) is 3.65. The predicted molar refractivity (Wildman–Crippen MR) is 82.5 cm³/mol. The number of aryl methyl sites for hydroxylation is 3. The molecule has 0 saturated heterocycles. The van der Waals surface area contributed by atoms with Crippen molar-refractivity contribution >= 4 is 5.69 Å². The fourth-order valence-corrected chi connectivity index (χ4v) is 2.12. The maximum atomic E-state index is 5.90. The van der Waals surface area contributed by atoms with Crippen LogP contribution in [0.15, 0.2) is 36.4 Å². The zero-order valence-corrected chi connectivity index (χ0v) is 12.3. The van der Waals surface area contributed by atoms with Gasteiger partial charge >= 0.3 is 0 Å². The summed E-state index contributed by atoms with van der Waals surface area (Å²) in [5, 5.41) is 0. The quantitative estimate of drug-likeness (QED) is 0.667. The van der Waals surface area contributed by atoms with Crippen LogP contribution in [0.5, 0.6) is 11.5 Å². The van der Waals surface area contributed by atoms with E-state index >= 15 is 0 Å². The Morgan fingerprint density at radius 1 is 0.900 bits per heavy atom. The minimum absolute atomic E-state index is 0.473. The van der Waals surface area contributed by atoms with Crippen molar-refractivity contribution in [3.8, 4) is 11.5 Å². The summed E-state index contributed by atoms with van der Waals surface area (Å²) in [6.07, 6.45) is 0. The molecule has 2 rings (SSSR count). The van der Waals surface area contributed by atoms with Gasteiger partial charge in [-0.1, -0.05) is 24.3 Å². The Bertz CT molecular complexity index is 573. The highest BCUT2D eigenvalue weighted by Gasteiger charge is 2.04. The lowest BCUT2D eigenvalue weighted by atomic mass is 10.1. The van der Waals surface area contributed by atoms with E-state index in [9.17, 15) is 0 Å². The van der Waals surface area contributed by atoms with E-state index in [0.29, 0.717) is 24.7 Å².